The molecule has 14 heteroatoms. The highest BCUT2D eigenvalue weighted by atomic mass is 32.2. The zero-order valence-corrected chi connectivity index (χ0v) is 22.6. The van der Waals surface area contributed by atoms with Crippen LogP contribution in [0, 0.1) is 10.1 Å². The van der Waals surface area contributed by atoms with Gasteiger partial charge in [-0.2, -0.15) is 4.31 Å². The molecule has 0 aliphatic carbocycles. The van der Waals surface area contributed by atoms with Crippen molar-refractivity contribution in [2.75, 3.05) is 32.0 Å². The summed E-state index contributed by atoms with van der Waals surface area (Å²) in [5.41, 5.74) is 0.295. The molecule has 39 heavy (non-hydrogen) atoms. The molecule has 2 atom stereocenters. The van der Waals surface area contributed by atoms with E-state index in [2.05, 4.69) is 4.72 Å². The maximum Gasteiger partial charge on any atom is 0.289 e. The molecule has 1 N–H and O–H groups in total. The summed E-state index contributed by atoms with van der Waals surface area (Å²) in [7, 11) is -5.39. The number of rotatable bonds is 8. The Morgan fingerprint density at radius 2 is 1.74 bits per heavy atom. The lowest BCUT2D eigenvalue weighted by Crippen LogP contribution is -2.56. The highest BCUT2D eigenvalue weighted by Gasteiger charge is 2.56. The lowest BCUT2D eigenvalue weighted by Gasteiger charge is -2.41. The molecule has 2 unspecified atom stereocenters. The van der Waals surface area contributed by atoms with E-state index in [0.29, 0.717) is 11.3 Å². The molecule has 0 bridgehead atoms. The third-order valence-corrected chi connectivity index (χ3v) is 10.2. The van der Waals surface area contributed by atoms with Crippen molar-refractivity contribution in [2.24, 2.45) is 0 Å². The van der Waals surface area contributed by atoms with Gasteiger partial charge in [-0.15, -0.1) is 0 Å². The number of para-hydroxylation sites is 1. The fraction of sp³-hybridized carbons (Fsp3) is 0.280. The molecule has 206 valence electrons. The van der Waals surface area contributed by atoms with Crippen LogP contribution in [0.2, 0.25) is 0 Å². The molecular weight excluding hydrogens is 550 g/mol. The minimum absolute atomic E-state index is 0.0231. The third kappa shape index (κ3) is 4.58. The van der Waals surface area contributed by atoms with Crippen LogP contribution >= 0.6 is 0 Å². The van der Waals surface area contributed by atoms with Gasteiger partial charge in [-0.05, 0) is 30.7 Å². The smallest absolute Gasteiger partial charge is 0.289 e. The summed E-state index contributed by atoms with van der Waals surface area (Å²) in [5, 5.41) is 11.5. The molecule has 3 aromatic carbocycles. The van der Waals surface area contributed by atoms with Crippen molar-refractivity contribution in [2.45, 2.75) is 27.9 Å². The van der Waals surface area contributed by atoms with Crippen molar-refractivity contribution < 1.29 is 36.0 Å². The van der Waals surface area contributed by atoms with E-state index in [9.17, 15) is 26.9 Å². The Morgan fingerprint density at radius 3 is 2.41 bits per heavy atom. The van der Waals surface area contributed by atoms with Crippen LogP contribution in [0.4, 0.5) is 11.4 Å². The highest BCUT2D eigenvalue weighted by Crippen LogP contribution is 2.54. The van der Waals surface area contributed by atoms with Crippen molar-refractivity contribution >= 4 is 31.4 Å². The normalized spacial score (nSPS) is 20.9. The van der Waals surface area contributed by atoms with Crippen LogP contribution in [0.25, 0.3) is 0 Å². The molecule has 0 aromatic heterocycles. The first-order chi connectivity index (χ1) is 18.5. The minimum atomic E-state index is -4.28. The van der Waals surface area contributed by atoms with Crippen molar-refractivity contribution in [3.8, 4) is 11.5 Å². The Kier molecular flexibility index (Phi) is 6.74. The SMILES string of the molecule is COc1cc(NS(=O)(=O)c2ccccc2)cc2c1OC1(OC)CN(S(=O)(=O)c3ccccc3[N+](=O)[O-])CCC21. The van der Waals surface area contributed by atoms with Gasteiger partial charge in [-0.1, -0.05) is 30.3 Å². The molecule has 2 aliphatic heterocycles. The van der Waals surface area contributed by atoms with Gasteiger partial charge in [0.05, 0.1) is 35.1 Å². The number of ether oxygens (including phenoxy) is 3. The summed E-state index contributed by atoms with van der Waals surface area (Å²) in [5.74, 6) is -1.42. The topological polar surface area (TPSA) is 154 Å². The number of benzene rings is 3. The van der Waals surface area contributed by atoms with Crippen LogP contribution < -0.4 is 14.2 Å². The van der Waals surface area contributed by atoms with Crippen molar-refractivity contribution in [1.29, 1.82) is 0 Å². The second-order valence-corrected chi connectivity index (χ2v) is 12.6. The maximum absolute atomic E-state index is 13.5. The number of piperidine rings is 1. The van der Waals surface area contributed by atoms with Crippen LogP contribution in [-0.2, 0) is 24.8 Å². The van der Waals surface area contributed by atoms with E-state index < -0.39 is 47.3 Å². The number of nitrogens with zero attached hydrogens (tertiary/aromatic N) is 2. The van der Waals surface area contributed by atoms with E-state index in [0.717, 1.165) is 10.4 Å². The van der Waals surface area contributed by atoms with E-state index in [-0.39, 0.29) is 35.8 Å². The second kappa shape index (κ2) is 9.79. The van der Waals surface area contributed by atoms with Gasteiger partial charge < -0.3 is 14.2 Å². The Labute approximate surface area is 225 Å². The summed E-state index contributed by atoms with van der Waals surface area (Å²) in [4.78, 5) is 10.4. The summed E-state index contributed by atoms with van der Waals surface area (Å²) >= 11 is 0. The van der Waals surface area contributed by atoms with Gasteiger partial charge in [0.2, 0.25) is 15.8 Å². The fourth-order valence-corrected chi connectivity index (χ4v) is 7.72. The molecule has 0 saturated carbocycles. The quantitative estimate of drug-likeness (QED) is 0.315. The Bertz CT molecular complexity index is 1650. The van der Waals surface area contributed by atoms with Gasteiger partial charge in [-0.25, -0.2) is 16.8 Å². The largest absolute Gasteiger partial charge is 0.493 e. The number of hydrogen-bond donors (Lipinski definition) is 1. The first-order valence-electron chi connectivity index (χ1n) is 11.8. The number of nitro groups is 1. The molecule has 5 rings (SSSR count). The molecule has 0 amide bonds. The second-order valence-electron chi connectivity index (χ2n) is 9.04. The molecule has 2 aliphatic rings. The van der Waals surface area contributed by atoms with Crippen LogP contribution in [0.3, 0.4) is 0 Å². The number of methoxy groups -OCH3 is 2. The van der Waals surface area contributed by atoms with E-state index in [4.69, 9.17) is 14.2 Å². The predicted molar refractivity (Wildman–Crippen MR) is 140 cm³/mol. The molecule has 0 spiro atoms. The van der Waals surface area contributed by atoms with E-state index >= 15 is 0 Å². The third-order valence-electron chi connectivity index (χ3n) is 6.88. The van der Waals surface area contributed by atoms with Crippen LogP contribution in [-0.4, -0.2) is 59.2 Å². The molecule has 2 heterocycles. The number of fused-ring (bicyclic) bond motifs is 3. The van der Waals surface area contributed by atoms with E-state index in [1.165, 1.54) is 50.6 Å². The van der Waals surface area contributed by atoms with Gasteiger partial charge >= 0.3 is 0 Å². The molecule has 12 nitrogen and oxygen atoms in total. The molecule has 1 saturated heterocycles. The summed E-state index contributed by atoms with van der Waals surface area (Å²) in [6.45, 7) is -0.235. The number of hydrogen-bond acceptors (Lipinski definition) is 9. The van der Waals surface area contributed by atoms with E-state index in [1.807, 2.05) is 0 Å². The molecular formula is C25H25N3O9S2. The van der Waals surface area contributed by atoms with Crippen LogP contribution in [0.1, 0.15) is 17.9 Å². The number of nitrogens with one attached hydrogen (secondary N) is 1. The van der Waals surface area contributed by atoms with E-state index in [1.54, 1.807) is 24.3 Å². The Balaban J connectivity index is 1.49. The first-order valence-corrected chi connectivity index (χ1v) is 14.7. The van der Waals surface area contributed by atoms with Gasteiger partial charge in [0, 0.05) is 31.4 Å². The van der Waals surface area contributed by atoms with Gasteiger partial charge in [0.25, 0.3) is 15.7 Å². The summed E-state index contributed by atoms with van der Waals surface area (Å²) < 4.78 is 74.0. The maximum atomic E-state index is 13.5. The lowest BCUT2D eigenvalue weighted by atomic mass is 9.86. The van der Waals surface area contributed by atoms with Crippen molar-refractivity contribution in [1.82, 2.24) is 4.31 Å². The molecule has 3 aromatic rings. The summed E-state index contributed by atoms with van der Waals surface area (Å²) in [6, 6.07) is 16.1. The molecule has 1 fully saturated rings. The van der Waals surface area contributed by atoms with Crippen molar-refractivity contribution in [3.05, 3.63) is 82.4 Å². The number of nitro benzene ring substituents is 1. The number of anilines is 1. The monoisotopic (exact) mass is 575 g/mol. The Hall–Kier alpha value is -3.72. The molecule has 0 radical (unpaired) electrons. The summed E-state index contributed by atoms with van der Waals surface area (Å²) in [6.07, 6.45) is 0.235. The lowest BCUT2D eigenvalue weighted by molar-refractivity contribution is -0.387. The van der Waals surface area contributed by atoms with Crippen LogP contribution in [0.5, 0.6) is 11.5 Å². The average Bonchev–Trinajstić information content (AvgIpc) is 3.27. The van der Waals surface area contributed by atoms with Gasteiger partial charge in [0.1, 0.15) is 0 Å². The minimum Gasteiger partial charge on any atom is -0.493 e. The fourth-order valence-electron chi connectivity index (χ4n) is 5.03. The number of sulfonamides is 2. The van der Waals surface area contributed by atoms with Crippen molar-refractivity contribution in [3.63, 3.8) is 0 Å². The van der Waals surface area contributed by atoms with Gasteiger partial charge in [0.15, 0.2) is 16.4 Å². The highest BCUT2D eigenvalue weighted by molar-refractivity contribution is 7.92. The first kappa shape index (κ1) is 26.9. The standard InChI is InChI=1S/C25H25N3O9S2/c1-35-22-15-17(26-38(31,32)18-8-4-3-5-9-18)14-19-20-12-13-27(16-25(20,36-2)37-24(19)22)39(33,34)23-11-7-6-10-21(23)28(29)30/h3-11,14-15,20,26H,12-13,16H2,1-2H3. The average molecular weight is 576 g/mol. The zero-order valence-electron chi connectivity index (χ0n) is 20.9. The zero-order chi connectivity index (χ0) is 28.0. The Morgan fingerprint density at radius 1 is 1.05 bits per heavy atom. The predicted octanol–water partition coefficient (Wildman–Crippen LogP) is 3.32. The van der Waals surface area contributed by atoms with Gasteiger partial charge in [-0.3, -0.25) is 14.8 Å². The van der Waals surface area contributed by atoms with Crippen LogP contribution in [0.15, 0.2) is 76.5 Å².